The van der Waals surface area contributed by atoms with Crippen molar-refractivity contribution in [3.8, 4) is 5.75 Å². The molecule has 1 saturated heterocycles. The minimum Gasteiger partial charge on any atom is -0.494 e. The molecule has 19 heavy (non-hydrogen) atoms. The number of para-hydroxylation sites is 1. The highest BCUT2D eigenvalue weighted by Gasteiger charge is 2.13. The van der Waals surface area contributed by atoms with Gasteiger partial charge in [-0.2, -0.15) is 0 Å². The third-order valence-corrected chi connectivity index (χ3v) is 3.56. The van der Waals surface area contributed by atoms with Crippen LogP contribution in [0.15, 0.2) is 30.3 Å². The van der Waals surface area contributed by atoms with E-state index in [2.05, 4.69) is 17.1 Å². The molecule has 0 aromatic heterocycles. The Balaban J connectivity index is 1.49. The van der Waals surface area contributed by atoms with Crippen molar-refractivity contribution < 1.29 is 4.74 Å². The highest BCUT2D eigenvalue weighted by atomic mass is 16.5. The summed E-state index contributed by atoms with van der Waals surface area (Å²) in [7, 11) is 0. The van der Waals surface area contributed by atoms with E-state index in [0.717, 1.165) is 25.3 Å². The molecule has 3 nitrogen and oxygen atoms in total. The van der Waals surface area contributed by atoms with Gasteiger partial charge in [0.25, 0.3) is 0 Å². The largest absolute Gasteiger partial charge is 0.494 e. The van der Waals surface area contributed by atoms with Crippen LogP contribution in [0.5, 0.6) is 5.75 Å². The zero-order chi connectivity index (χ0) is 13.3. The van der Waals surface area contributed by atoms with Crippen LogP contribution in [0.4, 0.5) is 0 Å². The van der Waals surface area contributed by atoms with Gasteiger partial charge in [-0.3, -0.25) is 0 Å². The van der Waals surface area contributed by atoms with E-state index < -0.39 is 0 Å². The molecule has 0 saturated carbocycles. The van der Waals surface area contributed by atoms with Gasteiger partial charge in [0.1, 0.15) is 5.75 Å². The van der Waals surface area contributed by atoms with E-state index in [1.165, 1.54) is 32.5 Å². The maximum atomic E-state index is 5.67. The van der Waals surface area contributed by atoms with Crippen molar-refractivity contribution in [2.45, 2.75) is 32.2 Å². The highest BCUT2D eigenvalue weighted by molar-refractivity contribution is 5.20. The van der Waals surface area contributed by atoms with Crippen molar-refractivity contribution in [2.75, 3.05) is 32.8 Å². The van der Waals surface area contributed by atoms with Gasteiger partial charge in [-0.25, -0.2) is 0 Å². The molecule has 0 amide bonds. The molecule has 2 rings (SSSR count). The molecule has 1 fully saturated rings. The summed E-state index contributed by atoms with van der Waals surface area (Å²) in [6, 6.07) is 10.6. The molecule has 1 aromatic rings. The van der Waals surface area contributed by atoms with Crippen molar-refractivity contribution in [3.05, 3.63) is 30.3 Å². The van der Waals surface area contributed by atoms with Gasteiger partial charge in [-0.05, 0) is 58.0 Å². The maximum Gasteiger partial charge on any atom is 0.119 e. The first-order valence-corrected chi connectivity index (χ1v) is 7.48. The van der Waals surface area contributed by atoms with Gasteiger partial charge < -0.3 is 15.0 Å². The summed E-state index contributed by atoms with van der Waals surface area (Å²) >= 11 is 0. The predicted molar refractivity (Wildman–Crippen MR) is 79.7 cm³/mol. The first-order chi connectivity index (χ1) is 9.34. The fraction of sp³-hybridized carbons (Fsp3) is 0.625. The van der Waals surface area contributed by atoms with Crippen molar-refractivity contribution in [1.82, 2.24) is 10.2 Å². The number of rotatable bonds is 8. The normalized spacial score (nSPS) is 17.5. The lowest BCUT2D eigenvalue weighted by molar-refractivity contribution is 0.282. The Morgan fingerprint density at radius 1 is 1.21 bits per heavy atom. The van der Waals surface area contributed by atoms with Gasteiger partial charge in [0, 0.05) is 12.6 Å². The monoisotopic (exact) mass is 262 g/mol. The Morgan fingerprint density at radius 3 is 2.68 bits per heavy atom. The van der Waals surface area contributed by atoms with E-state index in [9.17, 15) is 0 Å². The van der Waals surface area contributed by atoms with Crippen LogP contribution in [0.2, 0.25) is 0 Å². The van der Waals surface area contributed by atoms with E-state index in [0.29, 0.717) is 6.04 Å². The number of hydrogen-bond donors (Lipinski definition) is 1. The fourth-order valence-electron chi connectivity index (χ4n) is 2.54. The molecule has 1 N–H and O–H groups in total. The molecule has 1 heterocycles. The Morgan fingerprint density at radius 2 is 1.95 bits per heavy atom. The molecular weight excluding hydrogens is 236 g/mol. The summed E-state index contributed by atoms with van der Waals surface area (Å²) in [5, 5.41) is 3.57. The third kappa shape index (κ3) is 5.62. The molecular formula is C16H26N2O. The summed E-state index contributed by atoms with van der Waals surface area (Å²) in [4.78, 5) is 2.55. The van der Waals surface area contributed by atoms with Gasteiger partial charge in [0.2, 0.25) is 0 Å². The highest BCUT2D eigenvalue weighted by Crippen LogP contribution is 2.09. The molecule has 1 aromatic carbocycles. The van der Waals surface area contributed by atoms with Crippen LogP contribution < -0.4 is 10.1 Å². The van der Waals surface area contributed by atoms with Crippen molar-refractivity contribution in [1.29, 1.82) is 0 Å². The smallest absolute Gasteiger partial charge is 0.119 e. The van der Waals surface area contributed by atoms with Crippen LogP contribution in [-0.4, -0.2) is 43.7 Å². The van der Waals surface area contributed by atoms with Crippen LogP contribution in [-0.2, 0) is 0 Å². The van der Waals surface area contributed by atoms with E-state index in [-0.39, 0.29) is 0 Å². The number of likely N-dealkylation sites (tertiary alicyclic amines) is 1. The number of nitrogens with one attached hydrogen (secondary N) is 1. The summed E-state index contributed by atoms with van der Waals surface area (Å²) in [6.45, 7) is 7.83. The number of hydrogen-bond acceptors (Lipinski definition) is 3. The predicted octanol–water partition coefficient (Wildman–Crippen LogP) is 2.53. The fourth-order valence-corrected chi connectivity index (χ4v) is 2.54. The molecule has 0 spiro atoms. The minimum atomic E-state index is 0.579. The molecule has 3 heteroatoms. The van der Waals surface area contributed by atoms with Gasteiger partial charge in [-0.1, -0.05) is 18.2 Å². The summed E-state index contributed by atoms with van der Waals surface area (Å²) < 4.78 is 5.67. The summed E-state index contributed by atoms with van der Waals surface area (Å²) in [6.07, 6.45) is 3.80. The van der Waals surface area contributed by atoms with E-state index >= 15 is 0 Å². The maximum absolute atomic E-state index is 5.67. The van der Waals surface area contributed by atoms with Gasteiger partial charge in [-0.15, -0.1) is 0 Å². The van der Waals surface area contributed by atoms with E-state index in [1.807, 2.05) is 30.3 Å². The Bertz CT molecular complexity index is 336. The molecule has 1 aliphatic heterocycles. The second-order valence-corrected chi connectivity index (χ2v) is 5.38. The second kappa shape index (κ2) is 8.18. The zero-order valence-electron chi connectivity index (χ0n) is 12.0. The lowest BCUT2D eigenvalue weighted by Crippen LogP contribution is -2.38. The Kier molecular flexibility index (Phi) is 6.18. The third-order valence-electron chi connectivity index (χ3n) is 3.56. The van der Waals surface area contributed by atoms with Gasteiger partial charge in [0.05, 0.1) is 6.61 Å². The Labute approximate surface area is 116 Å². The summed E-state index contributed by atoms with van der Waals surface area (Å²) in [5.41, 5.74) is 0. The van der Waals surface area contributed by atoms with Crippen molar-refractivity contribution >= 4 is 0 Å². The van der Waals surface area contributed by atoms with E-state index in [4.69, 9.17) is 4.74 Å². The first kappa shape index (κ1) is 14.4. The van der Waals surface area contributed by atoms with Crippen LogP contribution in [0, 0.1) is 0 Å². The minimum absolute atomic E-state index is 0.579. The number of nitrogens with zero attached hydrogens (tertiary/aromatic N) is 1. The Hall–Kier alpha value is -1.06. The lowest BCUT2D eigenvalue weighted by Gasteiger charge is -2.21. The average Bonchev–Trinajstić information content (AvgIpc) is 2.92. The van der Waals surface area contributed by atoms with Crippen LogP contribution >= 0.6 is 0 Å². The molecule has 1 atom stereocenters. The zero-order valence-corrected chi connectivity index (χ0v) is 12.0. The molecule has 1 aliphatic rings. The quantitative estimate of drug-likeness (QED) is 0.729. The van der Waals surface area contributed by atoms with Crippen LogP contribution in [0.3, 0.4) is 0 Å². The molecule has 106 valence electrons. The SMILES string of the molecule is CC(CN1CCCC1)NCCCOc1ccccc1. The second-order valence-electron chi connectivity index (χ2n) is 5.38. The van der Waals surface area contributed by atoms with Crippen molar-refractivity contribution in [3.63, 3.8) is 0 Å². The summed E-state index contributed by atoms with van der Waals surface area (Å²) in [5.74, 6) is 0.965. The molecule has 0 radical (unpaired) electrons. The van der Waals surface area contributed by atoms with Crippen LogP contribution in [0.25, 0.3) is 0 Å². The molecule has 0 bridgehead atoms. The first-order valence-electron chi connectivity index (χ1n) is 7.48. The topological polar surface area (TPSA) is 24.5 Å². The van der Waals surface area contributed by atoms with Crippen molar-refractivity contribution in [2.24, 2.45) is 0 Å². The standard InChI is InChI=1S/C16H26N2O/c1-15(14-18-11-5-6-12-18)17-10-7-13-19-16-8-3-2-4-9-16/h2-4,8-9,15,17H,5-7,10-14H2,1H3. The molecule has 1 unspecified atom stereocenters. The average molecular weight is 262 g/mol. The number of benzene rings is 1. The lowest BCUT2D eigenvalue weighted by atomic mass is 10.3. The number of ether oxygens (including phenoxy) is 1. The van der Waals surface area contributed by atoms with Gasteiger partial charge >= 0.3 is 0 Å². The van der Waals surface area contributed by atoms with Gasteiger partial charge in [0.15, 0.2) is 0 Å². The van der Waals surface area contributed by atoms with E-state index in [1.54, 1.807) is 0 Å². The molecule has 0 aliphatic carbocycles. The van der Waals surface area contributed by atoms with Crippen LogP contribution in [0.1, 0.15) is 26.2 Å².